The first kappa shape index (κ1) is 10.1. The van der Waals surface area contributed by atoms with E-state index in [2.05, 4.69) is 4.98 Å². The molecule has 1 rings (SSSR count). The van der Waals surface area contributed by atoms with Gasteiger partial charge in [0.25, 0.3) is 0 Å². The Hall–Kier alpha value is -0.970. The van der Waals surface area contributed by atoms with Gasteiger partial charge in [-0.25, -0.2) is 0 Å². The summed E-state index contributed by atoms with van der Waals surface area (Å²) in [5, 5.41) is 9.25. The third kappa shape index (κ3) is 3.50. The molecule has 0 saturated heterocycles. The molecule has 1 unspecified atom stereocenters. The SMILES string of the molecule is OC(CCC(F)(F)F)c1cc[nH]c1. The van der Waals surface area contributed by atoms with E-state index in [0.717, 1.165) is 0 Å². The lowest BCUT2D eigenvalue weighted by Crippen LogP contribution is -2.09. The number of hydrogen-bond acceptors (Lipinski definition) is 1. The molecule has 2 N–H and O–H groups in total. The maximum Gasteiger partial charge on any atom is 0.389 e. The van der Waals surface area contributed by atoms with Gasteiger partial charge in [0.05, 0.1) is 6.10 Å². The van der Waals surface area contributed by atoms with Crippen LogP contribution in [0.2, 0.25) is 0 Å². The van der Waals surface area contributed by atoms with Crippen LogP contribution in [0.5, 0.6) is 0 Å². The molecule has 0 aromatic carbocycles. The fraction of sp³-hybridized carbons (Fsp3) is 0.500. The van der Waals surface area contributed by atoms with E-state index in [1.54, 1.807) is 12.3 Å². The van der Waals surface area contributed by atoms with E-state index < -0.39 is 18.7 Å². The van der Waals surface area contributed by atoms with Gasteiger partial charge in [-0.2, -0.15) is 13.2 Å². The minimum absolute atomic E-state index is 0.290. The van der Waals surface area contributed by atoms with Crippen molar-refractivity contribution >= 4 is 0 Å². The number of aromatic nitrogens is 1. The number of aliphatic hydroxyl groups excluding tert-OH is 1. The van der Waals surface area contributed by atoms with Gasteiger partial charge in [-0.1, -0.05) is 0 Å². The van der Waals surface area contributed by atoms with Crippen LogP contribution in [0, 0.1) is 0 Å². The molecule has 1 aromatic heterocycles. The molecule has 0 amide bonds. The highest BCUT2D eigenvalue weighted by Crippen LogP contribution is 2.27. The molecular formula is C8H10F3NO. The van der Waals surface area contributed by atoms with Gasteiger partial charge in [0.15, 0.2) is 0 Å². The van der Waals surface area contributed by atoms with Crippen LogP contribution in [0.3, 0.4) is 0 Å². The Morgan fingerprint density at radius 1 is 1.46 bits per heavy atom. The lowest BCUT2D eigenvalue weighted by atomic mass is 10.1. The molecule has 0 aliphatic rings. The van der Waals surface area contributed by atoms with Crippen molar-refractivity contribution in [3.63, 3.8) is 0 Å². The Morgan fingerprint density at radius 2 is 2.15 bits per heavy atom. The van der Waals surface area contributed by atoms with Crippen LogP contribution < -0.4 is 0 Å². The van der Waals surface area contributed by atoms with E-state index in [0.29, 0.717) is 5.56 Å². The molecule has 0 fully saturated rings. The van der Waals surface area contributed by atoms with Crippen LogP contribution in [-0.4, -0.2) is 16.3 Å². The highest BCUT2D eigenvalue weighted by Gasteiger charge is 2.28. The fourth-order valence-corrected chi connectivity index (χ4v) is 1.01. The molecule has 0 aliphatic heterocycles. The molecule has 0 radical (unpaired) electrons. The van der Waals surface area contributed by atoms with E-state index in [1.165, 1.54) is 6.20 Å². The lowest BCUT2D eigenvalue weighted by Gasteiger charge is -2.10. The smallest absolute Gasteiger partial charge is 0.388 e. The second-order valence-electron chi connectivity index (χ2n) is 2.81. The molecule has 0 saturated carbocycles. The van der Waals surface area contributed by atoms with Gasteiger partial charge in [0, 0.05) is 18.8 Å². The summed E-state index contributed by atoms with van der Waals surface area (Å²) in [7, 11) is 0. The third-order valence-electron chi connectivity index (χ3n) is 1.71. The number of halogens is 3. The highest BCUT2D eigenvalue weighted by atomic mass is 19.4. The fourth-order valence-electron chi connectivity index (χ4n) is 1.01. The quantitative estimate of drug-likeness (QED) is 0.759. The van der Waals surface area contributed by atoms with Crippen LogP contribution in [0.4, 0.5) is 13.2 Å². The summed E-state index contributed by atoms with van der Waals surface area (Å²) >= 11 is 0. The molecule has 1 atom stereocenters. The predicted molar refractivity (Wildman–Crippen MR) is 41.0 cm³/mol. The number of H-pyrrole nitrogens is 1. The van der Waals surface area contributed by atoms with Crippen molar-refractivity contribution < 1.29 is 18.3 Å². The van der Waals surface area contributed by atoms with Gasteiger partial charge in [-0.15, -0.1) is 0 Å². The predicted octanol–water partition coefficient (Wildman–Crippen LogP) is 2.39. The Kier molecular flexibility index (Phi) is 2.98. The zero-order valence-corrected chi connectivity index (χ0v) is 6.80. The second-order valence-corrected chi connectivity index (χ2v) is 2.81. The van der Waals surface area contributed by atoms with Crippen LogP contribution in [0.15, 0.2) is 18.5 Å². The number of hydrogen-bond donors (Lipinski definition) is 2. The van der Waals surface area contributed by atoms with Crippen molar-refractivity contribution in [1.29, 1.82) is 0 Å². The summed E-state index contributed by atoms with van der Waals surface area (Å²) in [6.45, 7) is 0. The van der Waals surface area contributed by atoms with Crippen molar-refractivity contribution in [3.05, 3.63) is 24.0 Å². The second kappa shape index (κ2) is 3.83. The summed E-state index contributed by atoms with van der Waals surface area (Å²) in [6.07, 6.45) is -3.43. The van der Waals surface area contributed by atoms with Gasteiger partial charge in [-0.3, -0.25) is 0 Å². The first-order valence-electron chi connectivity index (χ1n) is 3.86. The van der Waals surface area contributed by atoms with Gasteiger partial charge < -0.3 is 10.1 Å². The standard InChI is InChI=1S/C8H10F3NO/c9-8(10,11)3-1-7(13)6-2-4-12-5-6/h2,4-5,7,12-13H,1,3H2. The molecule has 1 aromatic rings. The molecular weight excluding hydrogens is 183 g/mol. The lowest BCUT2D eigenvalue weighted by molar-refractivity contribution is -0.140. The van der Waals surface area contributed by atoms with Gasteiger partial charge in [0.1, 0.15) is 0 Å². The van der Waals surface area contributed by atoms with E-state index in [-0.39, 0.29) is 6.42 Å². The normalized spacial score (nSPS) is 14.5. The van der Waals surface area contributed by atoms with Crippen molar-refractivity contribution in [3.8, 4) is 0 Å². The van der Waals surface area contributed by atoms with Crippen molar-refractivity contribution in [1.82, 2.24) is 4.98 Å². The molecule has 0 spiro atoms. The van der Waals surface area contributed by atoms with E-state index in [4.69, 9.17) is 0 Å². The number of aromatic amines is 1. The number of nitrogens with one attached hydrogen (secondary N) is 1. The highest BCUT2D eigenvalue weighted by molar-refractivity contribution is 5.11. The van der Waals surface area contributed by atoms with Crippen molar-refractivity contribution in [2.45, 2.75) is 25.1 Å². The van der Waals surface area contributed by atoms with Gasteiger partial charge in [-0.05, 0) is 18.1 Å². The number of alkyl halides is 3. The summed E-state index contributed by atoms with van der Waals surface area (Å²) in [6, 6.07) is 1.56. The maximum atomic E-state index is 11.7. The van der Waals surface area contributed by atoms with Crippen molar-refractivity contribution in [2.24, 2.45) is 0 Å². The van der Waals surface area contributed by atoms with Crippen molar-refractivity contribution in [2.75, 3.05) is 0 Å². The van der Waals surface area contributed by atoms with E-state index >= 15 is 0 Å². The van der Waals surface area contributed by atoms with Crippen LogP contribution in [0.25, 0.3) is 0 Å². The Balaban J connectivity index is 2.39. The van der Waals surface area contributed by atoms with Gasteiger partial charge in [0.2, 0.25) is 0 Å². The molecule has 0 bridgehead atoms. The van der Waals surface area contributed by atoms with E-state index in [9.17, 15) is 18.3 Å². The molecule has 74 valence electrons. The summed E-state index contributed by atoms with van der Waals surface area (Å²) < 4.78 is 35.2. The Bertz CT molecular complexity index is 242. The van der Waals surface area contributed by atoms with Gasteiger partial charge >= 0.3 is 6.18 Å². The summed E-state index contributed by atoms with van der Waals surface area (Å²) in [5.74, 6) is 0. The first-order chi connectivity index (χ1) is 5.99. The average Bonchev–Trinajstić information content (AvgIpc) is 2.50. The number of aliphatic hydroxyl groups is 1. The Labute approximate surface area is 73.4 Å². The largest absolute Gasteiger partial charge is 0.389 e. The summed E-state index contributed by atoms with van der Waals surface area (Å²) in [4.78, 5) is 2.67. The van der Waals surface area contributed by atoms with Crippen LogP contribution in [0.1, 0.15) is 24.5 Å². The van der Waals surface area contributed by atoms with E-state index in [1.807, 2.05) is 0 Å². The maximum absolute atomic E-state index is 11.7. The zero-order valence-electron chi connectivity index (χ0n) is 6.80. The molecule has 1 heterocycles. The minimum Gasteiger partial charge on any atom is -0.388 e. The zero-order chi connectivity index (χ0) is 9.90. The molecule has 2 nitrogen and oxygen atoms in total. The average molecular weight is 193 g/mol. The minimum atomic E-state index is -4.20. The molecule has 0 aliphatic carbocycles. The monoisotopic (exact) mass is 193 g/mol. The molecule has 13 heavy (non-hydrogen) atoms. The first-order valence-corrected chi connectivity index (χ1v) is 3.86. The van der Waals surface area contributed by atoms with Crippen LogP contribution in [-0.2, 0) is 0 Å². The Morgan fingerprint density at radius 3 is 2.62 bits per heavy atom. The molecule has 5 heteroatoms. The topological polar surface area (TPSA) is 36.0 Å². The third-order valence-corrected chi connectivity index (χ3v) is 1.71. The summed E-state index contributed by atoms with van der Waals surface area (Å²) in [5.41, 5.74) is 0.490. The number of rotatable bonds is 3. The van der Waals surface area contributed by atoms with Crippen LogP contribution >= 0.6 is 0 Å².